The van der Waals surface area contributed by atoms with Gasteiger partial charge in [0.1, 0.15) is 11.6 Å². The molecular formula is C28H27N5O4. The Bertz CT molecular complexity index is 1580. The summed E-state index contributed by atoms with van der Waals surface area (Å²) in [5.74, 6) is -1.33. The van der Waals surface area contributed by atoms with E-state index in [4.69, 9.17) is 4.42 Å². The number of rotatable bonds is 7. The molecule has 5 aromatic rings. The van der Waals surface area contributed by atoms with E-state index in [1.165, 1.54) is 12.6 Å². The first-order chi connectivity index (χ1) is 18.1. The quantitative estimate of drug-likeness (QED) is 0.292. The Balaban J connectivity index is 1.33. The van der Waals surface area contributed by atoms with Gasteiger partial charge in [0.15, 0.2) is 5.65 Å². The normalized spacial score (nSPS) is 15.2. The number of nitrogens with zero attached hydrogens (tertiary/aromatic N) is 3. The molecule has 1 fully saturated rings. The summed E-state index contributed by atoms with van der Waals surface area (Å²) in [6.45, 7) is 0. The van der Waals surface area contributed by atoms with Gasteiger partial charge in [-0.25, -0.2) is 14.3 Å². The maximum absolute atomic E-state index is 13.3. The van der Waals surface area contributed by atoms with E-state index in [2.05, 4.69) is 20.4 Å². The zero-order chi connectivity index (χ0) is 25.4. The lowest BCUT2D eigenvalue weighted by atomic mass is 9.84. The second kappa shape index (κ2) is 9.57. The molecule has 1 aromatic carbocycles. The van der Waals surface area contributed by atoms with Crippen molar-refractivity contribution in [2.45, 2.75) is 50.5 Å². The van der Waals surface area contributed by atoms with Crippen LogP contribution in [0.5, 0.6) is 0 Å². The summed E-state index contributed by atoms with van der Waals surface area (Å²) in [6, 6.07) is 8.47. The molecule has 1 aliphatic carbocycles. The molecule has 9 nitrogen and oxygen atoms in total. The largest absolute Gasteiger partial charge is 0.480 e. The van der Waals surface area contributed by atoms with Crippen molar-refractivity contribution in [2.75, 3.05) is 0 Å². The number of carboxylic acids is 1. The number of benzene rings is 1. The average Bonchev–Trinajstić information content (AvgIpc) is 3.68. The van der Waals surface area contributed by atoms with Crippen LogP contribution in [0, 0.1) is 0 Å². The highest BCUT2D eigenvalue weighted by molar-refractivity contribution is 6.01. The molecule has 4 aromatic heterocycles. The average molecular weight is 498 g/mol. The number of nitrogens with one attached hydrogen (secondary N) is 2. The van der Waals surface area contributed by atoms with E-state index >= 15 is 0 Å². The minimum atomic E-state index is -1.11. The predicted octanol–water partition coefficient (Wildman–Crippen LogP) is 4.94. The minimum absolute atomic E-state index is 0.149. The number of fused-ring (bicyclic) bond motifs is 2. The van der Waals surface area contributed by atoms with Crippen molar-refractivity contribution in [2.24, 2.45) is 0 Å². The topological polar surface area (TPSA) is 126 Å². The number of para-hydroxylation sites is 1. The lowest BCUT2D eigenvalue weighted by Gasteiger charge is -2.24. The number of aliphatic carboxylic acids is 1. The van der Waals surface area contributed by atoms with Crippen molar-refractivity contribution in [1.29, 1.82) is 0 Å². The molecule has 0 unspecified atom stereocenters. The summed E-state index contributed by atoms with van der Waals surface area (Å²) < 4.78 is 7.08. The lowest BCUT2D eigenvalue weighted by molar-refractivity contribution is -0.139. The minimum Gasteiger partial charge on any atom is -0.480 e. The summed E-state index contributed by atoms with van der Waals surface area (Å²) in [5, 5.41) is 18.1. The molecule has 188 valence electrons. The molecule has 1 atom stereocenters. The molecule has 1 amide bonds. The van der Waals surface area contributed by atoms with Crippen LogP contribution in [-0.4, -0.2) is 42.6 Å². The molecule has 0 radical (unpaired) electrons. The summed E-state index contributed by atoms with van der Waals surface area (Å²) in [4.78, 5) is 33.2. The van der Waals surface area contributed by atoms with Gasteiger partial charge in [-0.3, -0.25) is 4.79 Å². The van der Waals surface area contributed by atoms with Crippen molar-refractivity contribution in [3.8, 4) is 11.1 Å². The monoisotopic (exact) mass is 497 g/mol. The second-order valence-corrected chi connectivity index (χ2v) is 9.63. The van der Waals surface area contributed by atoms with Crippen LogP contribution in [0.1, 0.15) is 59.6 Å². The van der Waals surface area contributed by atoms with Crippen LogP contribution in [0.2, 0.25) is 0 Å². The predicted molar refractivity (Wildman–Crippen MR) is 137 cm³/mol. The van der Waals surface area contributed by atoms with Crippen molar-refractivity contribution in [3.63, 3.8) is 0 Å². The molecule has 6 rings (SSSR count). The number of amides is 1. The lowest BCUT2D eigenvalue weighted by Crippen LogP contribution is -2.42. The molecule has 9 heteroatoms. The van der Waals surface area contributed by atoms with Gasteiger partial charge in [-0.15, -0.1) is 0 Å². The van der Waals surface area contributed by atoms with Crippen LogP contribution < -0.4 is 5.32 Å². The highest BCUT2D eigenvalue weighted by atomic mass is 16.4. The maximum atomic E-state index is 13.3. The maximum Gasteiger partial charge on any atom is 0.326 e. The summed E-state index contributed by atoms with van der Waals surface area (Å²) in [6.07, 6.45) is 14.1. The van der Waals surface area contributed by atoms with Gasteiger partial charge in [0.05, 0.1) is 24.4 Å². The Morgan fingerprint density at radius 1 is 1.16 bits per heavy atom. The zero-order valence-corrected chi connectivity index (χ0v) is 20.2. The number of carbonyl (C=O) groups excluding carboxylic acids is 1. The first kappa shape index (κ1) is 23.0. The fourth-order valence-corrected chi connectivity index (χ4v) is 5.47. The van der Waals surface area contributed by atoms with Crippen molar-refractivity contribution in [1.82, 2.24) is 24.9 Å². The van der Waals surface area contributed by atoms with Gasteiger partial charge in [0.2, 0.25) is 0 Å². The number of hydrogen-bond donors (Lipinski definition) is 3. The first-order valence-electron chi connectivity index (χ1n) is 12.6. The molecule has 0 aliphatic heterocycles. The van der Waals surface area contributed by atoms with E-state index in [0.717, 1.165) is 59.0 Å². The molecular weight excluding hydrogens is 470 g/mol. The van der Waals surface area contributed by atoms with E-state index in [-0.39, 0.29) is 17.9 Å². The number of furan rings is 1. The number of hydrogen-bond acceptors (Lipinski definition) is 5. The summed E-state index contributed by atoms with van der Waals surface area (Å²) in [5.41, 5.74) is 5.28. The molecule has 1 aliphatic rings. The van der Waals surface area contributed by atoms with E-state index in [1.54, 1.807) is 29.4 Å². The highest BCUT2D eigenvalue weighted by Gasteiger charge is 2.28. The van der Waals surface area contributed by atoms with Gasteiger partial charge in [0.25, 0.3) is 5.91 Å². The smallest absolute Gasteiger partial charge is 0.326 e. The van der Waals surface area contributed by atoms with E-state index in [0.29, 0.717) is 5.65 Å². The van der Waals surface area contributed by atoms with Crippen LogP contribution in [0.3, 0.4) is 0 Å². The first-order valence-corrected chi connectivity index (χ1v) is 12.6. The van der Waals surface area contributed by atoms with Gasteiger partial charge < -0.3 is 19.8 Å². The molecule has 4 heterocycles. The van der Waals surface area contributed by atoms with Crippen LogP contribution in [-0.2, 0) is 11.2 Å². The summed E-state index contributed by atoms with van der Waals surface area (Å²) >= 11 is 0. The van der Waals surface area contributed by atoms with Crippen molar-refractivity contribution in [3.05, 3.63) is 78.3 Å². The highest BCUT2D eigenvalue weighted by Crippen LogP contribution is 2.38. The number of aromatic amines is 1. The third-order valence-corrected chi connectivity index (χ3v) is 7.33. The van der Waals surface area contributed by atoms with E-state index < -0.39 is 17.9 Å². The van der Waals surface area contributed by atoms with Crippen molar-refractivity contribution >= 4 is 28.4 Å². The van der Waals surface area contributed by atoms with Crippen LogP contribution in [0.4, 0.5) is 0 Å². The zero-order valence-electron chi connectivity index (χ0n) is 20.2. The number of aromatic nitrogens is 4. The summed E-state index contributed by atoms with van der Waals surface area (Å²) in [7, 11) is 0. The Hall–Kier alpha value is -4.40. The van der Waals surface area contributed by atoms with Crippen LogP contribution in [0.15, 0.2) is 65.9 Å². The Kier molecular flexibility index (Phi) is 5.96. The molecule has 37 heavy (non-hydrogen) atoms. The molecule has 0 bridgehead atoms. The van der Waals surface area contributed by atoms with Gasteiger partial charge in [-0.1, -0.05) is 37.5 Å². The fourth-order valence-electron chi connectivity index (χ4n) is 5.47. The van der Waals surface area contributed by atoms with E-state index in [9.17, 15) is 14.7 Å². The fraction of sp³-hybridized carbons (Fsp3) is 0.286. The van der Waals surface area contributed by atoms with Crippen LogP contribution in [0.25, 0.3) is 27.7 Å². The molecule has 3 N–H and O–H groups in total. The van der Waals surface area contributed by atoms with Gasteiger partial charge in [-0.2, -0.15) is 5.10 Å². The number of carboxylic acid groups (broad SMARTS) is 1. The SMILES string of the molecule is O=C(N[C@@H](Cc1c[nH]c2ccccc12)C(=O)O)c1cnn2c(C3CCCCC3)c(-c3ccoc3)cnc12. The number of carbonyl (C=O) groups is 2. The third kappa shape index (κ3) is 4.26. The third-order valence-electron chi connectivity index (χ3n) is 7.33. The van der Waals surface area contributed by atoms with Gasteiger partial charge in [-0.05, 0) is 30.5 Å². The van der Waals surface area contributed by atoms with E-state index in [1.807, 2.05) is 30.3 Å². The van der Waals surface area contributed by atoms with Crippen LogP contribution >= 0.6 is 0 Å². The van der Waals surface area contributed by atoms with Gasteiger partial charge >= 0.3 is 5.97 Å². The molecule has 0 saturated heterocycles. The second-order valence-electron chi connectivity index (χ2n) is 9.63. The van der Waals surface area contributed by atoms with Gasteiger partial charge in [0, 0.05) is 46.8 Å². The molecule has 1 saturated carbocycles. The Labute approximate surface area is 212 Å². The Morgan fingerprint density at radius 2 is 2.00 bits per heavy atom. The standard InChI is InChI=1S/C28H27N5O4/c34-27(32-24(28(35)36)12-19-13-29-23-9-5-4-8-20(19)23)22-15-31-33-25(17-6-2-1-3-7-17)21(14-30-26(22)33)18-10-11-37-16-18/h4-5,8-11,13-17,24,29H,1-3,6-7,12H2,(H,32,34)(H,35,36)/t24-/m0/s1. The van der Waals surface area contributed by atoms with Crippen molar-refractivity contribution < 1.29 is 19.1 Å². The Morgan fingerprint density at radius 3 is 2.78 bits per heavy atom. The number of H-pyrrole nitrogens is 1. The molecule has 0 spiro atoms.